The van der Waals surface area contributed by atoms with Crippen molar-refractivity contribution >= 4 is 46.1 Å². The lowest BCUT2D eigenvalue weighted by Gasteiger charge is -2.20. The summed E-state index contributed by atoms with van der Waals surface area (Å²) in [6.45, 7) is 1.92. The molecule has 9 heteroatoms. The third-order valence-electron chi connectivity index (χ3n) is 5.20. The molecule has 0 aliphatic rings. The van der Waals surface area contributed by atoms with Gasteiger partial charge in [0, 0.05) is 10.6 Å². The predicted octanol–water partition coefficient (Wildman–Crippen LogP) is 4.21. The summed E-state index contributed by atoms with van der Waals surface area (Å²) in [6.07, 6.45) is 0. The van der Waals surface area contributed by atoms with Crippen LogP contribution in [0.1, 0.15) is 28.9 Å². The monoisotopic (exact) mass is 492 g/mol. The Labute approximate surface area is 205 Å². The summed E-state index contributed by atoms with van der Waals surface area (Å²) in [7, 11) is 0. The number of fused-ring (bicyclic) bond motifs is 1. The molecule has 2 N–H and O–H groups in total. The van der Waals surface area contributed by atoms with Crippen molar-refractivity contribution in [2.24, 2.45) is 0 Å². The highest BCUT2D eigenvalue weighted by Gasteiger charge is 2.19. The zero-order valence-electron chi connectivity index (χ0n) is 18.2. The van der Waals surface area contributed by atoms with E-state index in [4.69, 9.17) is 11.6 Å². The van der Waals surface area contributed by atoms with Crippen molar-refractivity contribution in [3.05, 3.63) is 105 Å². The second-order valence-corrected chi connectivity index (χ2v) is 8.85. The summed E-state index contributed by atoms with van der Waals surface area (Å²) in [4.78, 5) is 42.6. The highest BCUT2D eigenvalue weighted by molar-refractivity contribution is 7.99. The number of hydrogen-bond acceptors (Lipinski definition) is 5. The standard InChI is InChI=1S/C25H21ClN4O3S/c1-16(17-7-3-2-4-8-17)30-24(33)20-9-5-6-10-21(20)27-25(30)34-15-22(31)28-29-23(32)18-11-13-19(26)14-12-18/h2-14,16H,15H2,1H3,(H,28,31)(H,29,32). The van der Waals surface area contributed by atoms with Gasteiger partial charge in [-0.15, -0.1) is 0 Å². The van der Waals surface area contributed by atoms with E-state index in [1.54, 1.807) is 47.0 Å². The van der Waals surface area contributed by atoms with Crippen LogP contribution in [-0.4, -0.2) is 27.1 Å². The topological polar surface area (TPSA) is 93.1 Å². The first-order chi connectivity index (χ1) is 16.4. The second kappa shape index (κ2) is 10.5. The van der Waals surface area contributed by atoms with Crippen LogP contribution in [0.15, 0.2) is 88.8 Å². The lowest BCUT2D eigenvalue weighted by atomic mass is 10.1. The van der Waals surface area contributed by atoms with Gasteiger partial charge in [-0.2, -0.15) is 0 Å². The van der Waals surface area contributed by atoms with E-state index in [1.807, 2.05) is 43.3 Å². The fourth-order valence-corrected chi connectivity index (χ4v) is 4.42. The molecule has 0 fully saturated rings. The van der Waals surface area contributed by atoms with Crippen LogP contribution in [0.5, 0.6) is 0 Å². The molecule has 3 aromatic carbocycles. The van der Waals surface area contributed by atoms with Crippen molar-refractivity contribution in [2.45, 2.75) is 18.1 Å². The van der Waals surface area contributed by atoms with Crippen LogP contribution >= 0.6 is 23.4 Å². The van der Waals surface area contributed by atoms with Crippen LogP contribution in [0.25, 0.3) is 10.9 Å². The summed E-state index contributed by atoms with van der Waals surface area (Å²) >= 11 is 6.96. The highest BCUT2D eigenvalue weighted by atomic mass is 35.5. The third kappa shape index (κ3) is 5.30. The molecule has 2 amide bonds. The van der Waals surface area contributed by atoms with Gasteiger partial charge in [0.15, 0.2) is 5.16 Å². The molecule has 0 bridgehead atoms. The fourth-order valence-electron chi connectivity index (χ4n) is 3.42. The van der Waals surface area contributed by atoms with E-state index >= 15 is 0 Å². The Kier molecular flexibility index (Phi) is 7.30. The summed E-state index contributed by atoms with van der Waals surface area (Å²) in [6, 6.07) is 22.7. The molecule has 0 spiro atoms. The molecule has 4 aromatic rings. The average Bonchev–Trinajstić information content (AvgIpc) is 2.86. The minimum absolute atomic E-state index is 0.0484. The molecule has 34 heavy (non-hydrogen) atoms. The average molecular weight is 493 g/mol. The van der Waals surface area contributed by atoms with E-state index in [0.717, 1.165) is 17.3 Å². The Morgan fingerprint density at radius 1 is 0.971 bits per heavy atom. The lowest BCUT2D eigenvalue weighted by Crippen LogP contribution is -2.42. The van der Waals surface area contributed by atoms with E-state index in [-0.39, 0.29) is 17.4 Å². The predicted molar refractivity (Wildman–Crippen MR) is 134 cm³/mol. The normalized spacial score (nSPS) is 11.7. The van der Waals surface area contributed by atoms with Gasteiger partial charge < -0.3 is 0 Å². The van der Waals surface area contributed by atoms with Crippen molar-refractivity contribution < 1.29 is 9.59 Å². The minimum Gasteiger partial charge on any atom is -0.280 e. The number of halogens is 1. The van der Waals surface area contributed by atoms with Crippen LogP contribution in [0, 0.1) is 0 Å². The maximum absolute atomic E-state index is 13.3. The van der Waals surface area contributed by atoms with E-state index in [9.17, 15) is 14.4 Å². The van der Waals surface area contributed by atoms with Crippen LogP contribution in [-0.2, 0) is 4.79 Å². The largest absolute Gasteiger partial charge is 0.280 e. The second-order valence-electron chi connectivity index (χ2n) is 7.47. The fraction of sp³-hybridized carbons (Fsp3) is 0.120. The van der Waals surface area contributed by atoms with Gasteiger partial charge >= 0.3 is 0 Å². The van der Waals surface area contributed by atoms with Crippen LogP contribution in [0.3, 0.4) is 0 Å². The number of thioether (sulfide) groups is 1. The number of amides is 2. The van der Waals surface area contributed by atoms with Gasteiger partial charge in [0.25, 0.3) is 11.5 Å². The van der Waals surface area contributed by atoms with Crippen LogP contribution < -0.4 is 16.4 Å². The molecular weight excluding hydrogens is 472 g/mol. The Morgan fingerprint density at radius 3 is 2.38 bits per heavy atom. The quantitative estimate of drug-likeness (QED) is 0.239. The molecule has 1 unspecified atom stereocenters. The smallest absolute Gasteiger partial charge is 0.269 e. The van der Waals surface area contributed by atoms with E-state index < -0.39 is 11.8 Å². The van der Waals surface area contributed by atoms with E-state index in [2.05, 4.69) is 15.8 Å². The van der Waals surface area contributed by atoms with Gasteiger partial charge in [-0.3, -0.25) is 29.8 Å². The maximum Gasteiger partial charge on any atom is 0.269 e. The minimum atomic E-state index is -0.464. The van der Waals surface area contributed by atoms with Crippen LogP contribution in [0.4, 0.5) is 0 Å². The lowest BCUT2D eigenvalue weighted by molar-refractivity contribution is -0.119. The first-order valence-electron chi connectivity index (χ1n) is 10.5. The molecule has 0 saturated heterocycles. The van der Waals surface area contributed by atoms with Crippen molar-refractivity contribution in [3.63, 3.8) is 0 Å². The maximum atomic E-state index is 13.3. The number of nitrogens with one attached hydrogen (secondary N) is 2. The van der Waals surface area contributed by atoms with Gasteiger partial charge in [0.2, 0.25) is 5.91 Å². The summed E-state index contributed by atoms with van der Waals surface area (Å²) < 4.78 is 1.60. The Balaban J connectivity index is 1.52. The van der Waals surface area contributed by atoms with E-state index in [1.165, 1.54) is 0 Å². The number of nitrogens with zero attached hydrogens (tertiary/aromatic N) is 2. The van der Waals surface area contributed by atoms with Gasteiger partial charge in [0.05, 0.1) is 22.7 Å². The first kappa shape index (κ1) is 23.5. The first-order valence-corrected chi connectivity index (χ1v) is 11.8. The summed E-state index contributed by atoms with van der Waals surface area (Å²) in [5.74, 6) is -0.949. The summed E-state index contributed by atoms with van der Waals surface area (Å²) in [5, 5.41) is 1.43. The molecule has 0 aliphatic heterocycles. The molecule has 172 valence electrons. The molecule has 4 rings (SSSR count). The van der Waals surface area contributed by atoms with Gasteiger partial charge in [-0.05, 0) is 48.9 Å². The molecular formula is C25H21ClN4O3S. The van der Waals surface area contributed by atoms with Gasteiger partial charge in [-0.25, -0.2) is 4.98 Å². The Morgan fingerprint density at radius 2 is 1.65 bits per heavy atom. The molecule has 0 saturated carbocycles. The number of benzene rings is 3. The zero-order valence-corrected chi connectivity index (χ0v) is 19.8. The number of hydrogen-bond donors (Lipinski definition) is 2. The van der Waals surface area contributed by atoms with Crippen molar-refractivity contribution in [3.8, 4) is 0 Å². The number of carbonyl (C=O) groups excluding carboxylic acids is 2. The molecule has 1 aromatic heterocycles. The molecule has 0 radical (unpaired) electrons. The van der Waals surface area contributed by atoms with Crippen molar-refractivity contribution in [2.75, 3.05) is 5.75 Å². The number of hydrazine groups is 1. The molecule has 0 aliphatic carbocycles. The SMILES string of the molecule is CC(c1ccccc1)n1c(SCC(=O)NNC(=O)c2ccc(Cl)cc2)nc2ccccc2c1=O. The number of carbonyl (C=O) groups is 2. The molecule has 1 heterocycles. The Bertz CT molecular complexity index is 1390. The third-order valence-corrected chi connectivity index (χ3v) is 6.40. The van der Waals surface area contributed by atoms with Crippen molar-refractivity contribution in [1.29, 1.82) is 0 Å². The van der Waals surface area contributed by atoms with Gasteiger partial charge in [0.1, 0.15) is 0 Å². The van der Waals surface area contributed by atoms with E-state index in [0.29, 0.717) is 26.6 Å². The number of aromatic nitrogens is 2. The van der Waals surface area contributed by atoms with Gasteiger partial charge in [-0.1, -0.05) is 65.8 Å². The highest BCUT2D eigenvalue weighted by Crippen LogP contribution is 2.24. The van der Waals surface area contributed by atoms with Crippen LogP contribution in [0.2, 0.25) is 5.02 Å². The Hall–Kier alpha value is -3.62. The molecule has 7 nitrogen and oxygen atoms in total. The molecule has 1 atom stereocenters. The number of rotatable bonds is 6. The van der Waals surface area contributed by atoms with Crippen molar-refractivity contribution in [1.82, 2.24) is 20.4 Å². The number of para-hydroxylation sites is 1. The summed E-state index contributed by atoms with van der Waals surface area (Å²) in [5.41, 5.74) is 6.45. The zero-order chi connectivity index (χ0) is 24.1.